The summed E-state index contributed by atoms with van der Waals surface area (Å²) in [5.41, 5.74) is 1.34. The molecule has 148 valence electrons. The van der Waals surface area contributed by atoms with Gasteiger partial charge in [-0.1, -0.05) is 50.1 Å². The molecule has 1 aromatic rings. The normalized spacial score (nSPS) is 19.3. The number of nitrogens with zero attached hydrogens (tertiary/aromatic N) is 2. The van der Waals surface area contributed by atoms with Crippen LogP contribution in [-0.4, -0.2) is 47.8 Å². The number of hydrogen-bond acceptors (Lipinski definition) is 2. The predicted molar refractivity (Wildman–Crippen MR) is 108 cm³/mol. The van der Waals surface area contributed by atoms with Gasteiger partial charge in [0, 0.05) is 39.0 Å². The summed E-state index contributed by atoms with van der Waals surface area (Å²) in [7, 11) is 0. The summed E-state index contributed by atoms with van der Waals surface area (Å²) < 4.78 is 0. The van der Waals surface area contributed by atoms with Crippen molar-refractivity contribution in [2.45, 2.75) is 58.3 Å². The van der Waals surface area contributed by atoms with Crippen LogP contribution >= 0.6 is 0 Å². The number of amides is 2. The third-order valence-electron chi connectivity index (χ3n) is 6.21. The Kier molecular flexibility index (Phi) is 7.31. The largest absolute Gasteiger partial charge is 0.339 e. The number of rotatable bonds is 7. The molecule has 0 aromatic heterocycles. The van der Waals surface area contributed by atoms with Crippen molar-refractivity contribution in [2.75, 3.05) is 26.2 Å². The molecule has 4 heteroatoms. The van der Waals surface area contributed by atoms with Crippen LogP contribution < -0.4 is 0 Å². The molecular weight excluding hydrogens is 336 g/mol. The van der Waals surface area contributed by atoms with E-state index in [0.717, 1.165) is 12.8 Å². The SMILES string of the molecule is CC(CCc1ccccc1)CC(=O)N1CCN(C(=O)CC2CCCC2)CC1. The van der Waals surface area contributed by atoms with E-state index >= 15 is 0 Å². The molecule has 1 aromatic carbocycles. The van der Waals surface area contributed by atoms with Crippen molar-refractivity contribution in [1.29, 1.82) is 0 Å². The number of carbonyl (C=O) groups is 2. The lowest BCUT2D eigenvalue weighted by molar-refractivity contribution is -0.140. The van der Waals surface area contributed by atoms with Crippen LogP contribution in [-0.2, 0) is 16.0 Å². The quantitative estimate of drug-likeness (QED) is 0.730. The second-order valence-corrected chi connectivity index (χ2v) is 8.45. The highest BCUT2D eigenvalue weighted by atomic mass is 16.2. The highest BCUT2D eigenvalue weighted by Crippen LogP contribution is 2.28. The molecule has 1 saturated heterocycles. The van der Waals surface area contributed by atoms with Crippen LogP contribution in [0.25, 0.3) is 0 Å². The van der Waals surface area contributed by atoms with Gasteiger partial charge in [-0.05, 0) is 43.1 Å². The lowest BCUT2D eigenvalue weighted by Gasteiger charge is -2.35. The van der Waals surface area contributed by atoms with Gasteiger partial charge >= 0.3 is 0 Å². The summed E-state index contributed by atoms with van der Waals surface area (Å²) in [6, 6.07) is 10.5. The van der Waals surface area contributed by atoms with E-state index in [1.165, 1.54) is 31.2 Å². The van der Waals surface area contributed by atoms with E-state index in [0.29, 0.717) is 56.8 Å². The molecule has 4 nitrogen and oxygen atoms in total. The zero-order chi connectivity index (χ0) is 19.1. The summed E-state index contributed by atoms with van der Waals surface area (Å²) in [6.45, 7) is 4.97. The van der Waals surface area contributed by atoms with E-state index in [9.17, 15) is 9.59 Å². The van der Waals surface area contributed by atoms with Crippen molar-refractivity contribution in [3.63, 3.8) is 0 Å². The van der Waals surface area contributed by atoms with Crippen molar-refractivity contribution in [1.82, 2.24) is 9.80 Å². The Hall–Kier alpha value is -1.84. The highest BCUT2D eigenvalue weighted by molar-refractivity contribution is 5.78. The maximum absolute atomic E-state index is 12.6. The Balaban J connectivity index is 1.35. The predicted octanol–water partition coefficient (Wildman–Crippen LogP) is 3.90. The monoisotopic (exact) mass is 370 g/mol. The zero-order valence-electron chi connectivity index (χ0n) is 16.7. The number of piperazine rings is 1. The van der Waals surface area contributed by atoms with Gasteiger partial charge in [0.05, 0.1) is 0 Å². The molecule has 2 fully saturated rings. The van der Waals surface area contributed by atoms with E-state index in [1.54, 1.807) is 0 Å². The minimum atomic E-state index is 0.249. The Morgan fingerprint density at radius 3 is 2.19 bits per heavy atom. The van der Waals surface area contributed by atoms with Gasteiger partial charge < -0.3 is 9.80 Å². The molecule has 0 spiro atoms. The summed E-state index contributed by atoms with van der Waals surface area (Å²) in [6.07, 6.45) is 8.38. The molecular formula is C23H34N2O2. The first kappa shape index (κ1) is 19.9. The first-order chi connectivity index (χ1) is 13.1. The fourth-order valence-electron chi connectivity index (χ4n) is 4.38. The smallest absolute Gasteiger partial charge is 0.222 e. The van der Waals surface area contributed by atoms with Crippen molar-refractivity contribution in [3.8, 4) is 0 Å². The van der Waals surface area contributed by atoms with Gasteiger partial charge in [-0.25, -0.2) is 0 Å². The summed E-state index contributed by atoms with van der Waals surface area (Å²) in [4.78, 5) is 29.0. The number of aryl methyl sites for hydroxylation is 1. The molecule has 2 aliphatic rings. The lowest BCUT2D eigenvalue weighted by atomic mass is 9.97. The first-order valence-electron chi connectivity index (χ1n) is 10.7. The molecule has 1 heterocycles. The van der Waals surface area contributed by atoms with Crippen LogP contribution in [0, 0.1) is 11.8 Å². The summed E-state index contributed by atoms with van der Waals surface area (Å²) in [5, 5.41) is 0. The fourth-order valence-corrected chi connectivity index (χ4v) is 4.38. The van der Waals surface area contributed by atoms with Crippen LogP contribution in [0.15, 0.2) is 30.3 Å². The Morgan fingerprint density at radius 2 is 1.56 bits per heavy atom. The molecule has 0 N–H and O–H groups in total. The number of benzene rings is 1. The molecule has 0 radical (unpaired) electrons. The van der Waals surface area contributed by atoms with Crippen molar-refractivity contribution >= 4 is 11.8 Å². The molecule has 1 atom stereocenters. The molecule has 1 saturated carbocycles. The van der Waals surface area contributed by atoms with Crippen molar-refractivity contribution < 1.29 is 9.59 Å². The minimum absolute atomic E-state index is 0.249. The van der Waals surface area contributed by atoms with Gasteiger partial charge in [0.25, 0.3) is 0 Å². The van der Waals surface area contributed by atoms with Crippen LogP contribution in [0.1, 0.15) is 57.4 Å². The van der Waals surface area contributed by atoms with Gasteiger partial charge in [0.15, 0.2) is 0 Å². The minimum Gasteiger partial charge on any atom is -0.339 e. The fraction of sp³-hybridized carbons (Fsp3) is 0.652. The summed E-state index contributed by atoms with van der Waals surface area (Å²) in [5.74, 6) is 1.53. The molecule has 1 aliphatic heterocycles. The number of carbonyl (C=O) groups excluding carboxylic acids is 2. The standard InChI is InChI=1S/C23H34N2O2/c1-19(11-12-20-7-3-2-4-8-20)17-22(26)24-13-15-25(16-14-24)23(27)18-21-9-5-6-10-21/h2-4,7-8,19,21H,5-6,9-18H2,1H3. The third kappa shape index (κ3) is 6.08. The molecule has 2 amide bonds. The van der Waals surface area contributed by atoms with E-state index in [-0.39, 0.29) is 5.91 Å². The number of hydrogen-bond donors (Lipinski definition) is 0. The lowest BCUT2D eigenvalue weighted by Crippen LogP contribution is -2.51. The third-order valence-corrected chi connectivity index (χ3v) is 6.21. The van der Waals surface area contributed by atoms with Gasteiger partial charge in [-0.15, -0.1) is 0 Å². The summed E-state index contributed by atoms with van der Waals surface area (Å²) >= 11 is 0. The maximum Gasteiger partial charge on any atom is 0.222 e. The van der Waals surface area contributed by atoms with Gasteiger partial charge in [0.2, 0.25) is 11.8 Å². The first-order valence-corrected chi connectivity index (χ1v) is 10.7. The van der Waals surface area contributed by atoms with Crippen LogP contribution in [0.5, 0.6) is 0 Å². The molecule has 0 bridgehead atoms. The topological polar surface area (TPSA) is 40.6 Å². The van der Waals surface area contributed by atoms with Crippen molar-refractivity contribution in [2.24, 2.45) is 11.8 Å². The molecule has 1 unspecified atom stereocenters. The van der Waals surface area contributed by atoms with E-state index in [2.05, 4.69) is 31.2 Å². The van der Waals surface area contributed by atoms with E-state index < -0.39 is 0 Å². The Morgan fingerprint density at radius 1 is 0.963 bits per heavy atom. The molecule has 27 heavy (non-hydrogen) atoms. The average molecular weight is 371 g/mol. The Labute approximate surface area is 163 Å². The average Bonchev–Trinajstić information content (AvgIpc) is 3.20. The second-order valence-electron chi connectivity index (χ2n) is 8.45. The zero-order valence-corrected chi connectivity index (χ0v) is 16.7. The van der Waals surface area contributed by atoms with Crippen molar-refractivity contribution in [3.05, 3.63) is 35.9 Å². The van der Waals surface area contributed by atoms with Gasteiger partial charge in [-0.3, -0.25) is 9.59 Å². The molecule has 3 rings (SSSR count). The van der Waals surface area contributed by atoms with Crippen LogP contribution in [0.4, 0.5) is 0 Å². The van der Waals surface area contributed by atoms with Crippen LogP contribution in [0.3, 0.4) is 0 Å². The van der Waals surface area contributed by atoms with Gasteiger partial charge in [0.1, 0.15) is 0 Å². The second kappa shape index (κ2) is 9.91. The highest BCUT2D eigenvalue weighted by Gasteiger charge is 2.27. The van der Waals surface area contributed by atoms with E-state index in [1.807, 2.05) is 15.9 Å². The van der Waals surface area contributed by atoms with E-state index in [4.69, 9.17) is 0 Å². The molecule has 1 aliphatic carbocycles. The van der Waals surface area contributed by atoms with Crippen LogP contribution in [0.2, 0.25) is 0 Å². The Bertz CT molecular complexity index is 602. The van der Waals surface area contributed by atoms with Gasteiger partial charge in [-0.2, -0.15) is 0 Å². The maximum atomic E-state index is 12.6.